The molecule has 4 aromatic carbocycles. The van der Waals surface area contributed by atoms with Gasteiger partial charge in [-0.2, -0.15) is 0 Å². The van der Waals surface area contributed by atoms with Crippen LogP contribution in [-0.2, 0) is 10.8 Å². The van der Waals surface area contributed by atoms with E-state index in [4.69, 9.17) is 0 Å². The van der Waals surface area contributed by atoms with Crippen molar-refractivity contribution in [1.29, 1.82) is 0 Å². The summed E-state index contributed by atoms with van der Waals surface area (Å²) in [4.78, 5) is 0. The predicted molar refractivity (Wildman–Crippen MR) is 143 cm³/mol. The SMILES string of the molecule is CC(C)(C1(CCO)c2ccccc2-c2ccccc21)C1(CCO)c2ccccc2-c2ccccc21. The van der Waals surface area contributed by atoms with E-state index in [0.717, 1.165) is 0 Å². The monoisotopic (exact) mass is 460 g/mol. The fourth-order valence-corrected chi connectivity index (χ4v) is 7.86. The number of benzene rings is 4. The van der Waals surface area contributed by atoms with Crippen LogP contribution >= 0.6 is 0 Å². The van der Waals surface area contributed by atoms with Crippen molar-refractivity contribution >= 4 is 0 Å². The van der Waals surface area contributed by atoms with Crippen molar-refractivity contribution in [3.05, 3.63) is 119 Å². The van der Waals surface area contributed by atoms with Gasteiger partial charge in [-0.25, -0.2) is 0 Å². The Morgan fingerprint density at radius 2 is 0.743 bits per heavy atom. The van der Waals surface area contributed by atoms with Crippen LogP contribution in [0.3, 0.4) is 0 Å². The minimum absolute atomic E-state index is 0.0879. The van der Waals surface area contributed by atoms with E-state index in [-0.39, 0.29) is 13.2 Å². The van der Waals surface area contributed by atoms with Gasteiger partial charge in [-0.3, -0.25) is 0 Å². The van der Waals surface area contributed by atoms with Crippen LogP contribution in [0.5, 0.6) is 0 Å². The molecule has 35 heavy (non-hydrogen) atoms. The highest BCUT2D eigenvalue weighted by atomic mass is 16.3. The molecule has 2 N–H and O–H groups in total. The number of hydrogen-bond donors (Lipinski definition) is 2. The van der Waals surface area contributed by atoms with Crippen LogP contribution in [0.1, 0.15) is 48.9 Å². The maximum Gasteiger partial charge on any atom is 0.0442 e. The fourth-order valence-electron chi connectivity index (χ4n) is 7.86. The second kappa shape index (κ2) is 7.91. The molecule has 0 bridgehead atoms. The van der Waals surface area contributed by atoms with Gasteiger partial charge in [0, 0.05) is 24.0 Å². The van der Waals surface area contributed by atoms with E-state index in [0.29, 0.717) is 12.8 Å². The van der Waals surface area contributed by atoms with Gasteiger partial charge in [-0.05, 0) is 62.8 Å². The van der Waals surface area contributed by atoms with Crippen molar-refractivity contribution in [2.75, 3.05) is 13.2 Å². The Kier molecular flexibility index (Phi) is 5.03. The van der Waals surface area contributed by atoms with Gasteiger partial charge in [0.1, 0.15) is 0 Å². The van der Waals surface area contributed by atoms with Gasteiger partial charge in [0.2, 0.25) is 0 Å². The van der Waals surface area contributed by atoms with Crippen molar-refractivity contribution in [2.24, 2.45) is 5.41 Å². The molecule has 176 valence electrons. The molecule has 0 aromatic heterocycles. The molecule has 2 aliphatic carbocycles. The first-order valence-corrected chi connectivity index (χ1v) is 12.6. The average Bonchev–Trinajstić information content (AvgIpc) is 3.35. The van der Waals surface area contributed by atoms with E-state index in [2.05, 4.69) is 111 Å². The first-order chi connectivity index (χ1) is 17.0. The van der Waals surface area contributed by atoms with Crippen LogP contribution in [-0.4, -0.2) is 23.4 Å². The van der Waals surface area contributed by atoms with Gasteiger partial charge in [0.15, 0.2) is 0 Å². The molecule has 0 spiro atoms. The smallest absolute Gasteiger partial charge is 0.0442 e. The Bertz CT molecular complexity index is 1220. The summed E-state index contributed by atoms with van der Waals surface area (Å²) in [5.41, 5.74) is 8.86. The Hall–Kier alpha value is -3.20. The van der Waals surface area contributed by atoms with Crippen LogP contribution in [0, 0.1) is 5.41 Å². The third kappa shape index (κ3) is 2.62. The molecule has 0 atom stereocenters. The quantitative estimate of drug-likeness (QED) is 0.336. The molecule has 2 aliphatic rings. The topological polar surface area (TPSA) is 40.5 Å². The van der Waals surface area contributed by atoms with E-state index in [1.165, 1.54) is 44.5 Å². The Balaban J connectivity index is 1.75. The first-order valence-electron chi connectivity index (χ1n) is 12.6. The molecule has 2 nitrogen and oxygen atoms in total. The zero-order valence-electron chi connectivity index (χ0n) is 20.5. The summed E-state index contributed by atoms with van der Waals surface area (Å²) in [5, 5.41) is 21.2. The largest absolute Gasteiger partial charge is 0.396 e. The van der Waals surface area contributed by atoms with Crippen LogP contribution < -0.4 is 0 Å². The summed E-state index contributed by atoms with van der Waals surface area (Å²) >= 11 is 0. The van der Waals surface area contributed by atoms with E-state index >= 15 is 0 Å². The Labute approximate surface area is 207 Å². The summed E-state index contributed by atoms with van der Waals surface area (Å²) < 4.78 is 0. The van der Waals surface area contributed by atoms with Crippen molar-refractivity contribution in [2.45, 2.75) is 37.5 Å². The van der Waals surface area contributed by atoms with Crippen molar-refractivity contribution < 1.29 is 10.2 Å². The third-order valence-electron chi connectivity index (χ3n) is 9.24. The lowest BCUT2D eigenvalue weighted by atomic mass is 9.45. The average molecular weight is 461 g/mol. The maximum absolute atomic E-state index is 10.6. The summed E-state index contributed by atoms with van der Waals surface area (Å²) in [6.45, 7) is 4.92. The summed E-state index contributed by atoms with van der Waals surface area (Å²) in [5.74, 6) is 0. The molecule has 2 heteroatoms. The number of rotatable bonds is 6. The van der Waals surface area contributed by atoms with E-state index in [1.807, 2.05) is 0 Å². The van der Waals surface area contributed by atoms with Gasteiger partial charge >= 0.3 is 0 Å². The Morgan fingerprint density at radius 1 is 0.486 bits per heavy atom. The second-order valence-electron chi connectivity index (χ2n) is 10.6. The fraction of sp³-hybridized carbons (Fsp3) is 0.273. The van der Waals surface area contributed by atoms with Crippen LogP contribution in [0.25, 0.3) is 22.3 Å². The normalized spacial score (nSPS) is 16.3. The van der Waals surface area contributed by atoms with Crippen molar-refractivity contribution in [3.63, 3.8) is 0 Å². The van der Waals surface area contributed by atoms with Gasteiger partial charge in [-0.15, -0.1) is 0 Å². The lowest BCUT2D eigenvalue weighted by molar-refractivity contribution is 0.0614. The number of aliphatic hydroxyl groups is 2. The highest BCUT2D eigenvalue weighted by molar-refractivity contribution is 5.85. The predicted octanol–water partition coefficient (Wildman–Crippen LogP) is 6.71. The van der Waals surface area contributed by atoms with Crippen molar-refractivity contribution in [3.8, 4) is 22.3 Å². The third-order valence-corrected chi connectivity index (χ3v) is 9.24. The number of hydrogen-bond acceptors (Lipinski definition) is 2. The molecule has 0 aliphatic heterocycles. The molecular formula is C33H32O2. The molecule has 0 radical (unpaired) electrons. The van der Waals surface area contributed by atoms with Crippen molar-refractivity contribution in [1.82, 2.24) is 0 Å². The molecule has 0 amide bonds. The lowest BCUT2D eigenvalue weighted by Crippen LogP contribution is -2.55. The molecule has 4 aromatic rings. The second-order valence-corrected chi connectivity index (χ2v) is 10.6. The van der Waals surface area contributed by atoms with Gasteiger partial charge < -0.3 is 10.2 Å². The van der Waals surface area contributed by atoms with Crippen LogP contribution in [0.2, 0.25) is 0 Å². The van der Waals surface area contributed by atoms with Gasteiger partial charge in [0.25, 0.3) is 0 Å². The lowest BCUT2D eigenvalue weighted by Gasteiger charge is -2.57. The van der Waals surface area contributed by atoms with E-state index < -0.39 is 16.2 Å². The standard InChI is InChI=1S/C33H32O2/c1-31(2,32(19-21-34)27-15-7-3-11-23(27)24-12-4-8-16-28(24)32)33(20-22-35)29-17-9-5-13-25(29)26-14-6-10-18-30(26)33/h3-18,34-35H,19-22H2,1-2H3. The molecule has 6 rings (SSSR count). The van der Waals surface area contributed by atoms with Crippen LogP contribution in [0.15, 0.2) is 97.1 Å². The zero-order valence-corrected chi connectivity index (χ0v) is 20.5. The van der Waals surface area contributed by atoms with Crippen LogP contribution in [0.4, 0.5) is 0 Å². The molecule has 0 saturated carbocycles. The first kappa shape index (κ1) is 22.3. The maximum atomic E-state index is 10.6. The molecule has 0 saturated heterocycles. The van der Waals surface area contributed by atoms with Gasteiger partial charge in [0.05, 0.1) is 0 Å². The molecular weight excluding hydrogens is 428 g/mol. The van der Waals surface area contributed by atoms with E-state index in [1.54, 1.807) is 0 Å². The number of fused-ring (bicyclic) bond motifs is 6. The summed E-state index contributed by atoms with van der Waals surface area (Å²) in [6.07, 6.45) is 1.23. The van der Waals surface area contributed by atoms with Gasteiger partial charge in [-0.1, -0.05) is 111 Å². The molecule has 0 unspecified atom stereocenters. The number of aliphatic hydroxyl groups excluding tert-OH is 2. The summed E-state index contributed by atoms with van der Waals surface area (Å²) in [6, 6.07) is 34.9. The highest BCUT2D eigenvalue weighted by Gasteiger charge is 2.64. The van der Waals surface area contributed by atoms with E-state index in [9.17, 15) is 10.2 Å². The zero-order chi connectivity index (χ0) is 24.3. The molecule has 0 heterocycles. The minimum atomic E-state index is -0.436. The summed E-state index contributed by atoms with van der Waals surface area (Å²) in [7, 11) is 0. The Morgan fingerprint density at radius 3 is 1.00 bits per heavy atom. The minimum Gasteiger partial charge on any atom is -0.396 e. The highest BCUT2D eigenvalue weighted by Crippen LogP contribution is 2.69. The molecule has 0 fully saturated rings.